The molecule has 0 atom stereocenters. The maximum Gasteiger partial charge on any atom is 0.235 e. The topological polar surface area (TPSA) is 48.8 Å². The highest BCUT2D eigenvalue weighted by Crippen LogP contribution is 2.45. The Hall–Kier alpha value is -7.50. The first-order chi connectivity index (χ1) is 27.3. The summed E-state index contributed by atoms with van der Waals surface area (Å²) in [5.74, 6) is 0.615. The van der Waals surface area contributed by atoms with Crippen LogP contribution in [-0.4, -0.2) is 19.1 Å². The van der Waals surface area contributed by atoms with Crippen LogP contribution in [0.4, 0.5) is 0 Å². The van der Waals surface area contributed by atoms with Crippen LogP contribution in [0.5, 0.6) is 0 Å². The molecule has 0 unspecified atom stereocenters. The fraction of sp³-hybridized carbons (Fsp3) is 0. The number of fused-ring (bicyclic) bond motifs is 12. The molecule has 256 valence electrons. The van der Waals surface area contributed by atoms with Crippen LogP contribution in [0.3, 0.4) is 0 Å². The van der Waals surface area contributed by atoms with E-state index in [2.05, 4.69) is 167 Å². The molecule has 0 saturated carbocycles. The van der Waals surface area contributed by atoms with Gasteiger partial charge in [-0.15, -0.1) is 0 Å². The molecule has 4 heterocycles. The van der Waals surface area contributed by atoms with Gasteiger partial charge < -0.3 is 8.98 Å². The summed E-state index contributed by atoms with van der Waals surface area (Å²) < 4.78 is 11.2. The van der Waals surface area contributed by atoms with Crippen LogP contribution in [-0.2, 0) is 0 Å². The third-order valence-electron chi connectivity index (χ3n) is 11.1. The molecule has 12 rings (SSSR count). The Morgan fingerprint density at radius 2 is 1.00 bits per heavy atom. The Kier molecular flexibility index (Phi) is 6.27. The molecule has 8 aromatic carbocycles. The summed E-state index contributed by atoms with van der Waals surface area (Å²) in [5, 5.41) is 7.77. The van der Waals surface area contributed by atoms with Crippen molar-refractivity contribution >= 4 is 76.5 Å². The number of hydrogen-bond donors (Lipinski definition) is 0. The van der Waals surface area contributed by atoms with Crippen molar-refractivity contribution in [1.82, 2.24) is 19.1 Å². The van der Waals surface area contributed by atoms with Crippen LogP contribution < -0.4 is 0 Å². The third-order valence-corrected chi connectivity index (χ3v) is 11.1. The molecule has 5 nitrogen and oxygen atoms in total. The molecule has 0 aliphatic heterocycles. The van der Waals surface area contributed by atoms with Gasteiger partial charge in [-0.1, -0.05) is 133 Å². The number of rotatable bonds is 4. The van der Waals surface area contributed by atoms with E-state index in [1.54, 1.807) is 0 Å². The molecular weight excluding hydrogens is 673 g/mol. The molecule has 0 bridgehead atoms. The highest BCUT2D eigenvalue weighted by molar-refractivity contribution is 6.31. The van der Waals surface area contributed by atoms with E-state index in [1.807, 2.05) is 24.3 Å². The molecule has 0 aliphatic carbocycles. The summed E-state index contributed by atoms with van der Waals surface area (Å²) >= 11 is 0. The first kappa shape index (κ1) is 30.0. The van der Waals surface area contributed by atoms with Gasteiger partial charge >= 0.3 is 0 Å². The fourth-order valence-corrected chi connectivity index (χ4v) is 8.74. The predicted octanol–water partition coefficient (Wildman–Crippen LogP) is 13.1. The molecular formula is C50H30N4O. The van der Waals surface area contributed by atoms with Crippen LogP contribution in [0.15, 0.2) is 186 Å². The molecule has 0 radical (unpaired) electrons. The van der Waals surface area contributed by atoms with Gasteiger partial charge in [0.05, 0.1) is 38.7 Å². The van der Waals surface area contributed by atoms with Crippen molar-refractivity contribution in [1.29, 1.82) is 0 Å². The van der Waals surface area contributed by atoms with Gasteiger partial charge in [-0.05, 0) is 59.7 Å². The van der Waals surface area contributed by atoms with Gasteiger partial charge in [0, 0.05) is 43.6 Å². The first-order valence-corrected chi connectivity index (χ1v) is 18.6. The second-order valence-corrected chi connectivity index (χ2v) is 14.1. The maximum absolute atomic E-state index is 6.53. The van der Waals surface area contributed by atoms with E-state index in [1.165, 1.54) is 21.9 Å². The lowest BCUT2D eigenvalue weighted by Gasteiger charge is -2.12. The van der Waals surface area contributed by atoms with Crippen molar-refractivity contribution in [3.63, 3.8) is 0 Å². The van der Waals surface area contributed by atoms with Gasteiger partial charge in [0.2, 0.25) is 5.95 Å². The minimum Gasteiger partial charge on any atom is -0.456 e. The lowest BCUT2D eigenvalue weighted by Crippen LogP contribution is -2.03. The van der Waals surface area contributed by atoms with Crippen molar-refractivity contribution in [3.8, 4) is 34.0 Å². The second-order valence-electron chi connectivity index (χ2n) is 14.1. The Balaban J connectivity index is 1.26. The summed E-state index contributed by atoms with van der Waals surface area (Å²) in [4.78, 5) is 10.8. The Bertz CT molecular complexity index is 3470. The van der Waals surface area contributed by atoms with Crippen LogP contribution in [0.25, 0.3) is 110 Å². The van der Waals surface area contributed by atoms with Gasteiger partial charge in [0.25, 0.3) is 0 Å². The second kappa shape index (κ2) is 11.5. The van der Waals surface area contributed by atoms with Crippen LogP contribution in [0.2, 0.25) is 0 Å². The van der Waals surface area contributed by atoms with Gasteiger partial charge in [-0.25, -0.2) is 9.97 Å². The van der Waals surface area contributed by atoms with Crippen LogP contribution in [0.1, 0.15) is 0 Å². The first-order valence-electron chi connectivity index (χ1n) is 18.6. The Morgan fingerprint density at radius 1 is 0.364 bits per heavy atom. The smallest absolute Gasteiger partial charge is 0.235 e. The lowest BCUT2D eigenvalue weighted by molar-refractivity contribution is 0.669. The van der Waals surface area contributed by atoms with E-state index in [-0.39, 0.29) is 0 Å². The Labute approximate surface area is 315 Å². The highest BCUT2D eigenvalue weighted by atomic mass is 16.3. The molecule has 0 spiro atoms. The van der Waals surface area contributed by atoms with E-state index in [9.17, 15) is 0 Å². The zero-order valence-electron chi connectivity index (χ0n) is 29.5. The molecule has 5 heteroatoms. The number of hydrogen-bond acceptors (Lipinski definition) is 3. The fourth-order valence-electron chi connectivity index (χ4n) is 8.74. The average molecular weight is 703 g/mol. The summed E-state index contributed by atoms with van der Waals surface area (Å²) in [6.07, 6.45) is 0. The highest BCUT2D eigenvalue weighted by Gasteiger charge is 2.25. The molecule has 0 fully saturated rings. The molecule has 12 aromatic rings. The summed E-state index contributed by atoms with van der Waals surface area (Å²) in [5.41, 5.74) is 12.3. The van der Waals surface area contributed by atoms with E-state index in [0.29, 0.717) is 5.95 Å². The van der Waals surface area contributed by atoms with E-state index in [4.69, 9.17) is 14.4 Å². The molecule has 55 heavy (non-hydrogen) atoms. The van der Waals surface area contributed by atoms with E-state index in [0.717, 1.165) is 82.6 Å². The van der Waals surface area contributed by atoms with Crippen molar-refractivity contribution < 1.29 is 4.42 Å². The zero-order chi connectivity index (χ0) is 36.0. The zero-order valence-corrected chi connectivity index (χ0v) is 29.5. The standard InChI is InChI=1S/C50H30N4O/c1-3-13-31(14-4-1)32-23-25-34(26-24-32)53-41-21-11-8-17-35(41)36-27-29-42-45(48(36)53)39-28-30-44-46(38-19-9-12-22-43(38)55-44)49(39)54(42)50-51-40-20-10-7-18-37(40)47(52-50)33-15-5-2-6-16-33/h1-30H. The number of para-hydroxylation sites is 3. The number of benzene rings is 8. The van der Waals surface area contributed by atoms with Crippen molar-refractivity contribution in [3.05, 3.63) is 182 Å². The summed E-state index contributed by atoms with van der Waals surface area (Å²) in [7, 11) is 0. The molecule has 0 aliphatic rings. The average Bonchev–Trinajstić information content (AvgIpc) is 3.91. The quantitative estimate of drug-likeness (QED) is 0.183. The minimum absolute atomic E-state index is 0.615. The normalized spacial score (nSPS) is 12.0. The van der Waals surface area contributed by atoms with Gasteiger partial charge in [-0.3, -0.25) is 4.57 Å². The third kappa shape index (κ3) is 4.35. The monoisotopic (exact) mass is 702 g/mol. The van der Waals surface area contributed by atoms with Gasteiger partial charge in [0.1, 0.15) is 11.2 Å². The van der Waals surface area contributed by atoms with Crippen molar-refractivity contribution in [2.24, 2.45) is 0 Å². The van der Waals surface area contributed by atoms with Gasteiger partial charge in [-0.2, -0.15) is 0 Å². The summed E-state index contributed by atoms with van der Waals surface area (Å²) in [6, 6.07) is 64.1. The molecule has 0 N–H and O–H groups in total. The molecule has 4 aromatic heterocycles. The Morgan fingerprint density at radius 3 is 1.82 bits per heavy atom. The molecule has 0 saturated heterocycles. The maximum atomic E-state index is 6.53. The number of nitrogens with zero attached hydrogens (tertiary/aromatic N) is 4. The van der Waals surface area contributed by atoms with Crippen molar-refractivity contribution in [2.45, 2.75) is 0 Å². The number of furan rings is 1. The van der Waals surface area contributed by atoms with Gasteiger partial charge in [0.15, 0.2) is 0 Å². The summed E-state index contributed by atoms with van der Waals surface area (Å²) in [6.45, 7) is 0. The lowest BCUT2D eigenvalue weighted by atomic mass is 10.0. The largest absolute Gasteiger partial charge is 0.456 e. The molecule has 0 amide bonds. The van der Waals surface area contributed by atoms with E-state index >= 15 is 0 Å². The van der Waals surface area contributed by atoms with E-state index < -0.39 is 0 Å². The predicted molar refractivity (Wildman–Crippen MR) is 226 cm³/mol. The minimum atomic E-state index is 0.615. The SMILES string of the molecule is c1ccc(-c2ccc(-n3c4ccccc4c4ccc5c(c6ccc7oc8ccccc8c7c6n5-c5nc(-c6ccccc6)c6ccccc6n5)c43)cc2)cc1. The van der Waals surface area contributed by atoms with Crippen LogP contribution in [0, 0.1) is 0 Å². The van der Waals surface area contributed by atoms with Crippen molar-refractivity contribution in [2.75, 3.05) is 0 Å². The number of aromatic nitrogens is 4. The van der Waals surface area contributed by atoms with Crippen LogP contribution >= 0.6 is 0 Å².